The first-order valence-corrected chi connectivity index (χ1v) is 11.5. The first kappa shape index (κ1) is 22.3. The van der Waals surface area contributed by atoms with E-state index < -0.39 is 5.97 Å². The van der Waals surface area contributed by atoms with Crippen LogP contribution < -0.4 is 4.90 Å². The molecule has 1 N–H and O–H groups in total. The number of aryl methyl sites for hydroxylation is 1. The van der Waals surface area contributed by atoms with Gasteiger partial charge in [-0.05, 0) is 44.7 Å². The summed E-state index contributed by atoms with van der Waals surface area (Å²) in [6.45, 7) is 4.43. The van der Waals surface area contributed by atoms with Crippen molar-refractivity contribution >= 4 is 29.4 Å². The number of piperidine rings is 2. The molecule has 1 aromatic rings. The number of amides is 3. The molecule has 0 radical (unpaired) electrons. The van der Waals surface area contributed by atoms with Gasteiger partial charge in [0, 0.05) is 50.7 Å². The minimum absolute atomic E-state index is 0.00105. The molecule has 0 aromatic heterocycles. The number of carbonyl (C=O) groups is 4. The first-order chi connectivity index (χ1) is 15.3. The molecule has 4 rings (SSSR count). The molecule has 8 heteroatoms. The average Bonchev–Trinajstić information content (AvgIpc) is 3.20. The number of hydrogen-bond acceptors (Lipinski definition) is 4. The van der Waals surface area contributed by atoms with Crippen LogP contribution in [-0.2, 0) is 19.2 Å². The zero-order valence-corrected chi connectivity index (χ0v) is 18.5. The van der Waals surface area contributed by atoms with E-state index >= 15 is 0 Å². The highest BCUT2D eigenvalue weighted by Gasteiger charge is 2.39. The predicted octanol–water partition coefficient (Wildman–Crippen LogP) is 1.91. The highest BCUT2D eigenvalue weighted by Crippen LogP contribution is 2.29. The van der Waals surface area contributed by atoms with Gasteiger partial charge in [-0.3, -0.25) is 19.2 Å². The third kappa shape index (κ3) is 4.64. The number of carboxylic acids is 1. The maximum Gasteiger partial charge on any atom is 0.306 e. The van der Waals surface area contributed by atoms with Gasteiger partial charge in [0.05, 0.1) is 11.8 Å². The van der Waals surface area contributed by atoms with E-state index in [-0.39, 0.29) is 41.9 Å². The highest BCUT2D eigenvalue weighted by molar-refractivity contribution is 6.00. The minimum Gasteiger partial charge on any atom is -0.481 e. The van der Waals surface area contributed by atoms with Crippen molar-refractivity contribution < 1.29 is 24.3 Å². The fraction of sp³-hybridized carbons (Fsp3) is 0.583. The lowest BCUT2D eigenvalue weighted by molar-refractivity contribution is -0.147. The summed E-state index contributed by atoms with van der Waals surface area (Å²) >= 11 is 0. The summed E-state index contributed by atoms with van der Waals surface area (Å²) in [4.78, 5) is 54.8. The van der Waals surface area contributed by atoms with E-state index in [1.54, 1.807) is 14.7 Å². The zero-order chi connectivity index (χ0) is 22.8. The lowest BCUT2D eigenvalue weighted by atomic mass is 9.91. The van der Waals surface area contributed by atoms with Gasteiger partial charge in [-0.15, -0.1) is 0 Å². The van der Waals surface area contributed by atoms with Crippen LogP contribution in [0.5, 0.6) is 0 Å². The van der Waals surface area contributed by atoms with Crippen molar-refractivity contribution in [2.45, 2.75) is 39.0 Å². The van der Waals surface area contributed by atoms with Crippen LogP contribution in [0.2, 0.25) is 0 Å². The number of hydrogen-bond donors (Lipinski definition) is 1. The fourth-order valence-corrected chi connectivity index (χ4v) is 5.06. The molecule has 172 valence electrons. The van der Waals surface area contributed by atoms with Crippen molar-refractivity contribution in [3.8, 4) is 0 Å². The van der Waals surface area contributed by atoms with Crippen LogP contribution in [0.15, 0.2) is 24.3 Å². The highest BCUT2D eigenvalue weighted by atomic mass is 16.4. The molecule has 3 heterocycles. The quantitative estimate of drug-likeness (QED) is 0.770. The fourth-order valence-electron chi connectivity index (χ4n) is 5.06. The number of benzene rings is 1. The van der Waals surface area contributed by atoms with Gasteiger partial charge in [0.15, 0.2) is 0 Å². The van der Waals surface area contributed by atoms with E-state index in [9.17, 15) is 19.2 Å². The zero-order valence-electron chi connectivity index (χ0n) is 18.5. The van der Waals surface area contributed by atoms with Gasteiger partial charge in [-0.1, -0.05) is 17.7 Å². The van der Waals surface area contributed by atoms with Gasteiger partial charge in [-0.25, -0.2) is 0 Å². The third-order valence-electron chi connectivity index (χ3n) is 7.13. The molecule has 3 aliphatic rings. The first-order valence-electron chi connectivity index (χ1n) is 11.5. The summed E-state index contributed by atoms with van der Waals surface area (Å²) in [6, 6.07) is 7.75. The third-order valence-corrected chi connectivity index (χ3v) is 7.13. The van der Waals surface area contributed by atoms with Crippen molar-refractivity contribution in [1.29, 1.82) is 0 Å². The van der Waals surface area contributed by atoms with E-state index in [2.05, 4.69) is 0 Å². The number of carbonyl (C=O) groups excluding carboxylic acids is 3. The van der Waals surface area contributed by atoms with Gasteiger partial charge in [0.1, 0.15) is 0 Å². The van der Waals surface area contributed by atoms with Crippen molar-refractivity contribution in [2.24, 2.45) is 17.8 Å². The largest absolute Gasteiger partial charge is 0.481 e. The molecule has 3 amide bonds. The predicted molar refractivity (Wildman–Crippen MR) is 118 cm³/mol. The van der Waals surface area contributed by atoms with Crippen molar-refractivity contribution in [3.63, 3.8) is 0 Å². The minimum atomic E-state index is -0.782. The van der Waals surface area contributed by atoms with E-state index in [0.29, 0.717) is 58.4 Å². The smallest absolute Gasteiger partial charge is 0.306 e. The Hall–Kier alpha value is -2.90. The molecule has 0 bridgehead atoms. The summed E-state index contributed by atoms with van der Waals surface area (Å²) in [6.07, 6.45) is 2.47. The number of rotatable bonds is 4. The molecule has 1 aromatic carbocycles. The SMILES string of the molecule is Cc1ccc(N2C[C@@H](C(=O)N3CCC(C(=O)N4CCC(C(=O)O)CC4)CC3)CC2=O)cc1. The van der Waals surface area contributed by atoms with Crippen LogP contribution in [0, 0.1) is 24.7 Å². The molecular weight excluding hydrogens is 410 g/mol. The monoisotopic (exact) mass is 441 g/mol. The average molecular weight is 442 g/mol. The van der Waals surface area contributed by atoms with Crippen LogP contribution in [0.3, 0.4) is 0 Å². The molecule has 32 heavy (non-hydrogen) atoms. The second-order valence-electron chi connectivity index (χ2n) is 9.28. The van der Waals surface area contributed by atoms with Gasteiger partial charge in [-0.2, -0.15) is 0 Å². The number of carboxylic acid groups (broad SMARTS) is 1. The maximum absolute atomic E-state index is 13.1. The van der Waals surface area contributed by atoms with E-state index in [1.807, 2.05) is 31.2 Å². The summed E-state index contributed by atoms with van der Waals surface area (Å²) < 4.78 is 0. The molecular formula is C24H31N3O5. The number of aliphatic carboxylic acids is 1. The summed E-state index contributed by atoms with van der Waals surface area (Å²) in [5, 5.41) is 9.13. The summed E-state index contributed by atoms with van der Waals surface area (Å²) in [7, 11) is 0. The second-order valence-corrected chi connectivity index (χ2v) is 9.28. The molecule has 0 unspecified atom stereocenters. The number of anilines is 1. The molecule has 0 spiro atoms. The molecule has 0 saturated carbocycles. The van der Waals surface area contributed by atoms with Crippen LogP contribution in [0.1, 0.15) is 37.7 Å². The Labute approximate surface area is 188 Å². The topological polar surface area (TPSA) is 98.2 Å². The van der Waals surface area contributed by atoms with E-state index in [1.165, 1.54) is 0 Å². The normalized spacial score (nSPS) is 23.0. The van der Waals surface area contributed by atoms with Crippen molar-refractivity contribution in [2.75, 3.05) is 37.6 Å². The van der Waals surface area contributed by atoms with Crippen LogP contribution >= 0.6 is 0 Å². The van der Waals surface area contributed by atoms with Crippen LogP contribution in [0.25, 0.3) is 0 Å². The molecule has 8 nitrogen and oxygen atoms in total. The molecule has 1 atom stereocenters. The summed E-state index contributed by atoms with van der Waals surface area (Å²) in [5.41, 5.74) is 1.95. The van der Waals surface area contributed by atoms with E-state index in [0.717, 1.165) is 11.3 Å². The lowest BCUT2D eigenvalue weighted by Gasteiger charge is -2.37. The Morgan fingerprint density at radius 2 is 1.31 bits per heavy atom. The standard InChI is InChI=1S/C24H31N3O5/c1-16-2-4-20(5-3-16)27-15-19(14-21(27)28)23(30)26-10-6-17(7-11-26)22(29)25-12-8-18(9-13-25)24(31)32/h2-5,17-19H,6-15H2,1H3,(H,31,32)/t19-/m0/s1. The number of nitrogens with zero attached hydrogens (tertiary/aromatic N) is 3. The lowest BCUT2D eigenvalue weighted by Crippen LogP contribution is -2.48. The Morgan fingerprint density at radius 3 is 1.84 bits per heavy atom. The Morgan fingerprint density at radius 1 is 0.812 bits per heavy atom. The Balaban J connectivity index is 1.27. The van der Waals surface area contributed by atoms with Gasteiger partial charge < -0.3 is 19.8 Å². The maximum atomic E-state index is 13.1. The van der Waals surface area contributed by atoms with Gasteiger partial charge in [0.2, 0.25) is 17.7 Å². The summed E-state index contributed by atoms with van der Waals surface area (Å²) in [5.74, 6) is -1.53. The van der Waals surface area contributed by atoms with E-state index in [4.69, 9.17) is 5.11 Å². The second kappa shape index (κ2) is 9.30. The molecule has 3 fully saturated rings. The van der Waals surface area contributed by atoms with Crippen LogP contribution in [-0.4, -0.2) is 71.3 Å². The number of likely N-dealkylation sites (tertiary alicyclic amines) is 2. The van der Waals surface area contributed by atoms with Crippen molar-refractivity contribution in [3.05, 3.63) is 29.8 Å². The van der Waals surface area contributed by atoms with Crippen molar-refractivity contribution in [1.82, 2.24) is 9.80 Å². The molecule has 0 aliphatic carbocycles. The van der Waals surface area contributed by atoms with Gasteiger partial charge >= 0.3 is 5.97 Å². The van der Waals surface area contributed by atoms with Crippen LogP contribution in [0.4, 0.5) is 5.69 Å². The Kier molecular flexibility index (Phi) is 6.48. The molecule has 3 aliphatic heterocycles. The molecule has 3 saturated heterocycles. The van der Waals surface area contributed by atoms with Gasteiger partial charge in [0.25, 0.3) is 0 Å². The Bertz CT molecular complexity index is 883.